The summed E-state index contributed by atoms with van der Waals surface area (Å²) in [6.07, 6.45) is 8.11. The maximum atomic E-state index is 8.19. The van der Waals surface area contributed by atoms with Crippen molar-refractivity contribution in [2.24, 2.45) is 10.2 Å². The van der Waals surface area contributed by atoms with E-state index in [0.717, 1.165) is 23.2 Å². The summed E-state index contributed by atoms with van der Waals surface area (Å²) in [5.41, 5.74) is 0. The summed E-state index contributed by atoms with van der Waals surface area (Å²) in [6.45, 7) is 0. The van der Waals surface area contributed by atoms with Crippen molar-refractivity contribution in [3.63, 3.8) is 0 Å². The number of nitrogens with zero attached hydrogens (tertiary/aromatic N) is 3. The van der Waals surface area contributed by atoms with Gasteiger partial charge in [-0.05, 0) is 18.7 Å². The van der Waals surface area contributed by atoms with Gasteiger partial charge in [0.1, 0.15) is 0 Å². The van der Waals surface area contributed by atoms with Crippen molar-refractivity contribution in [3.05, 3.63) is 18.3 Å². The molecule has 0 radical (unpaired) electrons. The topological polar surface area (TPSA) is 55.9 Å². The molecule has 1 aromatic heterocycles. The average Bonchev–Trinajstić information content (AvgIpc) is 2.83. The van der Waals surface area contributed by atoms with Gasteiger partial charge in [0.15, 0.2) is 0 Å². The Labute approximate surface area is 98.8 Å². The Morgan fingerprint density at radius 3 is 2.60 bits per heavy atom. The Bertz CT molecular complexity index is 281. The van der Waals surface area contributed by atoms with Crippen molar-refractivity contribution in [2.45, 2.75) is 38.1 Å². The molecule has 0 atom stereocenters. The van der Waals surface area contributed by atoms with Gasteiger partial charge in [0.2, 0.25) is 0 Å². The molecule has 0 amide bonds. The Morgan fingerprint density at radius 1 is 1.27 bits per heavy atom. The van der Waals surface area contributed by atoms with Gasteiger partial charge in [-0.15, -0.1) is 0 Å². The van der Waals surface area contributed by atoms with Crippen molar-refractivity contribution in [1.82, 2.24) is 4.98 Å². The molecule has 0 bridgehead atoms. The van der Waals surface area contributed by atoms with Crippen molar-refractivity contribution in [2.75, 3.05) is 0 Å². The fraction of sp³-hybridized carbons (Fsp3) is 0.600. The van der Waals surface area contributed by atoms with Crippen LogP contribution in [0.4, 0.5) is 5.82 Å². The molecule has 0 N–H and O–H groups in total. The Kier molecular flexibility index (Phi) is 6.20. The molecule has 1 aliphatic carbocycles. The number of hydrogen-bond donors (Lipinski definition) is 0. The Balaban J connectivity index is 0.000000531. The van der Waals surface area contributed by atoms with E-state index < -0.39 is 0 Å². The van der Waals surface area contributed by atoms with Gasteiger partial charge in [0.25, 0.3) is 0 Å². The molecule has 0 unspecified atom stereocenters. The van der Waals surface area contributed by atoms with Crippen LogP contribution in [0.1, 0.15) is 32.1 Å². The predicted molar refractivity (Wildman–Crippen MR) is 51.8 cm³/mol. The van der Waals surface area contributed by atoms with E-state index in [0.29, 0.717) is 6.04 Å². The minimum Gasteiger partial charge on any atom is -0.442 e. The normalized spacial score (nSPS) is 17.3. The standard InChI is InChI=1S/C10H14N3.O.V/c1-2-5-9(6-3-1)12-13-10-7-4-8-11-10;;/h4,7-9H,1-3,5-6H2;;/q-1;;. The van der Waals surface area contributed by atoms with E-state index in [1.54, 1.807) is 6.20 Å². The number of azo groups is 1. The van der Waals surface area contributed by atoms with Gasteiger partial charge < -0.3 is 10.1 Å². The molecule has 0 aliphatic heterocycles. The number of aromatic nitrogens is 1. The molecule has 5 heteroatoms. The third kappa shape index (κ3) is 4.54. The van der Waals surface area contributed by atoms with Crippen LogP contribution in [0.25, 0.3) is 0 Å². The minimum absolute atomic E-state index is 0.449. The summed E-state index contributed by atoms with van der Waals surface area (Å²) >= 11 is 1.06. The van der Waals surface area contributed by atoms with Crippen molar-refractivity contribution in [3.8, 4) is 0 Å². The summed E-state index contributed by atoms with van der Waals surface area (Å²) in [5.74, 6) is 0.741. The Hall–Kier alpha value is -0.736. The molecule has 1 fully saturated rings. The first kappa shape index (κ1) is 12.3. The molecule has 0 saturated heterocycles. The van der Waals surface area contributed by atoms with Gasteiger partial charge in [-0.2, -0.15) is 0 Å². The molecule has 1 aromatic rings. The summed E-state index contributed by atoms with van der Waals surface area (Å²) in [5, 5.41) is 8.39. The van der Waals surface area contributed by atoms with E-state index >= 15 is 0 Å². The fourth-order valence-electron chi connectivity index (χ4n) is 1.69. The second-order valence-corrected chi connectivity index (χ2v) is 3.50. The van der Waals surface area contributed by atoms with E-state index in [1.807, 2.05) is 12.1 Å². The van der Waals surface area contributed by atoms with E-state index in [9.17, 15) is 0 Å². The van der Waals surface area contributed by atoms with Crippen LogP contribution in [-0.4, -0.2) is 6.04 Å². The Morgan fingerprint density at radius 2 is 2.00 bits per heavy atom. The molecule has 1 aliphatic rings. The van der Waals surface area contributed by atoms with E-state index in [4.69, 9.17) is 3.67 Å². The summed E-state index contributed by atoms with van der Waals surface area (Å²) in [6, 6.07) is 4.21. The number of hydrogen-bond acceptors (Lipinski definition) is 3. The van der Waals surface area contributed by atoms with E-state index in [-0.39, 0.29) is 0 Å². The van der Waals surface area contributed by atoms with Gasteiger partial charge in [0, 0.05) is 6.04 Å². The second-order valence-electron chi connectivity index (χ2n) is 3.50. The maximum Gasteiger partial charge on any atom is 0.0490 e. The molecule has 2 rings (SSSR count). The van der Waals surface area contributed by atoms with Crippen LogP contribution in [0.3, 0.4) is 0 Å². The first-order valence-corrected chi connectivity index (χ1v) is 5.69. The molecule has 15 heavy (non-hydrogen) atoms. The van der Waals surface area contributed by atoms with Crippen LogP contribution in [0, 0.1) is 0 Å². The fourth-order valence-corrected chi connectivity index (χ4v) is 1.69. The molecule has 0 spiro atoms. The first-order valence-electron chi connectivity index (χ1n) is 5.12. The molecular weight excluding hydrogens is 229 g/mol. The quantitative estimate of drug-likeness (QED) is 0.750. The van der Waals surface area contributed by atoms with Crippen LogP contribution in [0.5, 0.6) is 0 Å². The molecule has 4 nitrogen and oxygen atoms in total. The van der Waals surface area contributed by atoms with Crippen molar-refractivity contribution < 1.29 is 21.0 Å². The van der Waals surface area contributed by atoms with Crippen LogP contribution < -0.4 is 4.98 Å². The van der Waals surface area contributed by atoms with Gasteiger partial charge >= 0.3 is 21.0 Å². The number of rotatable bonds is 2. The molecular formula is C10H14N3OV-. The summed E-state index contributed by atoms with van der Waals surface area (Å²) in [7, 11) is 0. The van der Waals surface area contributed by atoms with Crippen LogP contribution in [0.15, 0.2) is 28.6 Å². The summed E-state index contributed by atoms with van der Waals surface area (Å²) < 4.78 is 8.19. The van der Waals surface area contributed by atoms with Gasteiger partial charge in [-0.1, -0.05) is 37.6 Å². The van der Waals surface area contributed by atoms with Crippen LogP contribution >= 0.6 is 0 Å². The molecule has 1 heterocycles. The average molecular weight is 243 g/mol. The van der Waals surface area contributed by atoms with Gasteiger partial charge in [0.05, 0.1) is 0 Å². The third-order valence-corrected chi connectivity index (χ3v) is 2.44. The van der Waals surface area contributed by atoms with Gasteiger partial charge in [-0.3, -0.25) is 5.11 Å². The predicted octanol–water partition coefficient (Wildman–Crippen LogP) is 2.94. The summed E-state index contributed by atoms with van der Waals surface area (Å²) in [4.78, 5) is 4.04. The molecule has 81 valence electrons. The molecule has 0 aromatic carbocycles. The SMILES string of the molecule is [O]=[V].c1c[n-]c(N=NC2CCCCC2)c1. The zero-order valence-electron chi connectivity index (χ0n) is 8.54. The third-order valence-electron chi connectivity index (χ3n) is 2.44. The first-order chi connectivity index (χ1) is 7.45. The molecule has 1 saturated carbocycles. The van der Waals surface area contributed by atoms with Crippen LogP contribution in [-0.2, 0) is 21.0 Å². The van der Waals surface area contributed by atoms with Crippen LogP contribution in [0.2, 0.25) is 0 Å². The minimum atomic E-state index is 0.449. The largest absolute Gasteiger partial charge is 0.442 e. The maximum absolute atomic E-state index is 8.19. The smallest absolute Gasteiger partial charge is 0.0490 e. The monoisotopic (exact) mass is 243 g/mol. The van der Waals surface area contributed by atoms with E-state index in [1.165, 1.54) is 32.1 Å². The van der Waals surface area contributed by atoms with Crippen molar-refractivity contribution >= 4 is 5.82 Å². The zero-order chi connectivity index (χ0) is 10.9. The zero-order valence-corrected chi connectivity index (χ0v) is 9.94. The van der Waals surface area contributed by atoms with Crippen molar-refractivity contribution in [1.29, 1.82) is 0 Å². The van der Waals surface area contributed by atoms with E-state index in [2.05, 4.69) is 15.2 Å². The van der Waals surface area contributed by atoms with Gasteiger partial charge in [-0.25, -0.2) is 0 Å². The second kappa shape index (κ2) is 7.54.